The van der Waals surface area contributed by atoms with E-state index in [-0.39, 0.29) is 6.04 Å². The molecule has 1 rings (SSSR count). The fourth-order valence-electron chi connectivity index (χ4n) is 2.35. The number of hydrogen-bond acceptors (Lipinski definition) is 2. The van der Waals surface area contributed by atoms with Crippen LogP contribution in [0.15, 0.2) is 0 Å². The maximum atomic E-state index is 12.2. The van der Waals surface area contributed by atoms with Gasteiger partial charge in [-0.25, -0.2) is 0 Å². The van der Waals surface area contributed by atoms with Gasteiger partial charge in [-0.1, -0.05) is 32.6 Å². The van der Waals surface area contributed by atoms with Gasteiger partial charge in [0.05, 0.1) is 6.04 Å². The average molecular weight is 240 g/mol. The van der Waals surface area contributed by atoms with Crippen LogP contribution >= 0.6 is 0 Å². The van der Waals surface area contributed by atoms with E-state index in [0.717, 1.165) is 19.6 Å². The number of carbonyl (C=O) groups excluding carboxylic acids is 1. The van der Waals surface area contributed by atoms with E-state index in [1.165, 1.54) is 44.9 Å². The molecule has 1 heterocycles. The van der Waals surface area contributed by atoms with Crippen LogP contribution in [0.5, 0.6) is 0 Å². The van der Waals surface area contributed by atoms with Gasteiger partial charge in [-0.05, 0) is 32.7 Å². The first-order valence-electron chi connectivity index (χ1n) is 7.28. The number of carbonyl (C=O) groups is 1. The molecule has 1 fully saturated rings. The van der Waals surface area contributed by atoms with E-state index in [2.05, 4.69) is 12.2 Å². The first-order valence-corrected chi connectivity index (χ1v) is 7.28. The molecule has 1 saturated heterocycles. The summed E-state index contributed by atoms with van der Waals surface area (Å²) in [5, 5.41) is 3.34. The number of unbranched alkanes of at least 4 members (excludes halogenated alkanes) is 2. The number of nitrogens with one attached hydrogen (secondary N) is 1. The van der Waals surface area contributed by atoms with Crippen LogP contribution in [0.4, 0.5) is 0 Å². The highest BCUT2D eigenvalue weighted by molar-refractivity contribution is 5.81. The Labute approximate surface area is 106 Å². The zero-order valence-corrected chi connectivity index (χ0v) is 11.5. The molecule has 17 heavy (non-hydrogen) atoms. The smallest absolute Gasteiger partial charge is 0.239 e. The highest BCUT2D eigenvalue weighted by Gasteiger charge is 2.20. The molecule has 1 aliphatic heterocycles. The monoisotopic (exact) mass is 240 g/mol. The molecule has 0 saturated carbocycles. The van der Waals surface area contributed by atoms with Gasteiger partial charge in [-0.2, -0.15) is 0 Å². The molecule has 0 aromatic rings. The second-order valence-electron chi connectivity index (χ2n) is 5.12. The molecule has 0 aromatic carbocycles. The minimum Gasteiger partial charge on any atom is -0.341 e. The minimum absolute atomic E-state index is 0.00930. The Bertz CT molecular complexity index is 210. The summed E-state index contributed by atoms with van der Waals surface area (Å²) in [7, 11) is 0. The maximum Gasteiger partial charge on any atom is 0.239 e. The van der Waals surface area contributed by atoms with Crippen LogP contribution in [-0.4, -0.2) is 36.5 Å². The average Bonchev–Trinajstić information content (AvgIpc) is 2.62. The van der Waals surface area contributed by atoms with Crippen LogP contribution in [0.25, 0.3) is 0 Å². The molecule has 0 aliphatic carbocycles. The van der Waals surface area contributed by atoms with Crippen molar-refractivity contribution in [2.75, 3.05) is 19.6 Å². The van der Waals surface area contributed by atoms with Gasteiger partial charge in [0.1, 0.15) is 0 Å². The summed E-state index contributed by atoms with van der Waals surface area (Å²) in [4.78, 5) is 14.2. The maximum absolute atomic E-state index is 12.2. The topological polar surface area (TPSA) is 32.3 Å². The molecule has 1 N–H and O–H groups in total. The van der Waals surface area contributed by atoms with E-state index in [0.29, 0.717) is 5.91 Å². The van der Waals surface area contributed by atoms with Crippen molar-refractivity contribution in [3.8, 4) is 0 Å². The van der Waals surface area contributed by atoms with Crippen molar-refractivity contribution in [2.24, 2.45) is 0 Å². The normalized spacial score (nSPS) is 18.8. The predicted molar refractivity (Wildman–Crippen MR) is 72.0 cm³/mol. The van der Waals surface area contributed by atoms with Crippen molar-refractivity contribution >= 4 is 5.91 Å². The van der Waals surface area contributed by atoms with Gasteiger partial charge in [0, 0.05) is 13.1 Å². The Kier molecular flexibility index (Phi) is 7.25. The highest BCUT2D eigenvalue weighted by Crippen LogP contribution is 2.10. The van der Waals surface area contributed by atoms with Crippen LogP contribution in [0, 0.1) is 0 Å². The van der Waals surface area contributed by atoms with Gasteiger partial charge in [0.25, 0.3) is 0 Å². The molecule has 0 radical (unpaired) electrons. The van der Waals surface area contributed by atoms with Crippen LogP contribution in [0.3, 0.4) is 0 Å². The summed E-state index contributed by atoms with van der Waals surface area (Å²) >= 11 is 0. The van der Waals surface area contributed by atoms with Gasteiger partial charge in [0.15, 0.2) is 0 Å². The van der Waals surface area contributed by atoms with E-state index in [1.807, 2.05) is 11.8 Å². The minimum atomic E-state index is -0.00930. The molecule has 1 amide bonds. The Morgan fingerprint density at radius 2 is 1.82 bits per heavy atom. The molecule has 3 nitrogen and oxygen atoms in total. The lowest BCUT2D eigenvalue weighted by molar-refractivity contribution is -0.133. The van der Waals surface area contributed by atoms with E-state index < -0.39 is 0 Å². The second kappa shape index (κ2) is 8.51. The number of likely N-dealkylation sites (tertiary alicyclic amines) is 1. The van der Waals surface area contributed by atoms with Crippen molar-refractivity contribution < 1.29 is 4.79 Å². The quantitative estimate of drug-likeness (QED) is 0.724. The van der Waals surface area contributed by atoms with E-state index in [1.54, 1.807) is 0 Å². The molecule has 0 bridgehead atoms. The Morgan fingerprint density at radius 3 is 2.41 bits per heavy atom. The van der Waals surface area contributed by atoms with E-state index in [4.69, 9.17) is 0 Å². The molecular weight excluding hydrogens is 212 g/mol. The SMILES string of the molecule is CCCCCNC(C)C(=O)N1CCCCCC1. The van der Waals surface area contributed by atoms with Crippen LogP contribution in [0.2, 0.25) is 0 Å². The zero-order chi connectivity index (χ0) is 12.5. The molecule has 1 unspecified atom stereocenters. The fourth-order valence-corrected chi connectivity index (χ4v) is 2.35. The molecule has 3 heteroatoms. The Hall–Kier alpha value is -0.570. The van der Waals surface area contributed by atoms with E-state index >= 15 is 0 Å². The Balaban J connectivity index is 2.24. The van der Waals surface area contributed by atoms with Crippen molar-refractivity contribution in [3.05, 3.63) is 0 Å². The third-order valence-electron chi connectivity index (χ3n) is 3.52. The van der Waals surface area contributed by atoms with E-state index in [9.17, 15) is 4.79 Å². The van der Waals surface area contributed by atoms with Gasteiger partial charge in [-0.3, -0.25) is 4.79 Å². The summed E-state index contributed by atoms with van der Waals surface area (Å²) in [6.45, 7) is 7.08. The van der Waals surface area contributed by atoms with Gasteiger partial charge >= 0.3 is 0 Å². The van der Waals surface area contributed by atoms with Crippen molar-refractivity contribution in [3.63, 3.8) is 0 Å². The summed E-state index contributed by atoms with van der Waals surface area (Å²) in [5.41, 5.74) is 0. The number of nitrogens with zero attached hydrogens (tertiary/aromatic N) is 1. The molecular formula is C14H28N2O. The number of rotatable bonds is 6. The van der Waals surface area contributed by atoms with Crippen LogP contribution in [0.1, 0.15) is 58.8 Å². The third kappa shape index (κ3) is 5.53. The molecule has 0 spiro atoms. The van der Waals surface area contributed by atoms with Crippen LogP contribution in [-0.2, 0) is 4.79 Å². The van der Waals surface area contributed by atoms with Gasteiger partial charge in [0.2, 0.25) is 5.91 Å². The Morgan fingerprint density at radius 1 is 1.18 bits per heavy atom. The summed E-state index contributed by atoms with van der Waals surface area (Å²) in [6, 6.07) is -0.00930. The molecule has 1 aliphatic rings. The molecule has 0 aromatic heterocycles. The standard InChI is InChI=1S/C14H28N2O/c1-3-4-7-10-15-13(2)14(17)16-11-8-5-6-9-12-16/h13,15H,3-12H2,1-2H3. The fraction of sp³-hybridized carbons (Fsp3) is 0.929. The van der Waals surface area contributed by atoms with Crippen molar-refractivity contribution in [1.29, 1.82) is 0 Å². The number of hydrogen-bond donors (Lipinski definition) is 1. The van der Waals surface area contributed by atoms with Gasteiger partial charge < -0.3 is 10.2 Å². The largest absolute Gasteiger partial charge is 0.341 e. The second-order valence-corrected chi connectivity index (χ2v) is 5.12. The highest BCUT2D eigenvalue weighted by atomic mass is 16.2. The lowest BCUT2D eigenvalue weighted by atomic mass is 10.2. The predicted octanol–water partition coefficient (Wildman–Crippen LogP) is 2.56. The summed E-state index contributed by atoms with van der Waals surface area (Å²) < 4.78 is 0. The molecule has 100 valence electrons. The zero-order valence-electron chi connectivity index (χ0n) is 11.5. The molecule has 1 atom stereocenters. The number of amides is 1. The third-order valence-corrected chi connectivity index (χ3v) is 3.52. The van der Waals surface area contributed by atoms with Crippen molar-refractivity contribution in [1.82, 2.24) is 10.2 Å². The first-order chi connectivity index (χ1) is 8.25. The van der Waals surface area contributed by atoms with Crippen molar-refractivity contribution in [2.45, 2.75) is 64.8 Å². The lowest BCUT2D eigenvalue weighted by Gasteiger charge is -2.24. The lowest BCUT2D eigenvalue weighted by Crippen LogP contribution is -2.45. The van der Waals surface area contributed by atoms with Gasteiger partial charge in [-0.15, -0.1) is 0 Å². The summed E-state index contributed by atoms with van der Waals surface area (Å²) in [5.74, 6) is 0.295. The summed E-state index contributed by atoms with van der Waals surface area (Å²) in [6.07, 6.45) is 8.56. The van der Waals surface area contributed by atoms with Crippen LogP contribution < -0.4 is 5.32 Å². The first kappa shape index (κ1) is 14.5.